The Morgan fingerprint density at radius 3 is 2.43 bits per heavy atom. The van der Waals surface area contributed by atoms with Crippen LogP contribution in [0.5, 0.6) is 0 Å². The van der Waals surface area contributed by atoms with Gasteiger partial charge in [-0.3, -0.25) is 9.69 Å². The number of aliphatic hydroxyl groups excluding tert-OH is 1. The molecule has 1 N–H and O–H groups in total. The van der Waals surface area contributed by atoms with Gasteiger partial charge in [-0.25, -0.2) is 0 Å². The van der Waals surface area contributed by atoms with Crippen molar-refractivity contribution < 1.29 is 31.9 Å². The minimum absolute atomic E-state index is 0.0901. The van der Waals surface area contributed by atoms with Crippen molar-refractivity contribution in [2.75, 3.05) is 19.7 Å². The summed E-state index contributed by atoms with van der Waals surface area (Å²) in [6.07, 6.45) is 2.72. The number of allylic oxidation sites excluding steroid dienone is 2. The van der Waals surface area contributed by atoms with E-state index in [-0.39, 0.29) is 41.6 Å². The minimum atomic E-state index is -4.75. The highest BCUT2D eigenvalue weighted by molar-refractivity contribution is 5.81. The van der Waals surface area contributed by atoms with Gasteiger partial charge in [-0.05, 0) is 124 Å². The number of hydrogen-bond acceptors (Lipinski definition) is 3. The molecule has 6 atom stereocenters. The molecule has 2 aliphatic heterocycles. The molecule has 2 aliphatic rings. The van der Waals surface area contributed by atoms with Gasteiger partial charge in [-0.15, -0.1) is 0 Å². The Balaban J connectivity index is 1.49. The second kappa shape index (κ2) is 15.5. The highest BCUT2D eigenvalue weighted by atomic mass is 19.4. The Hall–Kier alpha value is -2.58. The van der Waals surface area contributed by atoms with Crippen LogP contribution in [-0.4, -0.2) is 41.5 Å². The lowest BCUT2D eigenvalue weighted by atomic mass is 9.78. The maximum atomic E-state index is 14.8. The number of aliphatic hydroxyl groups is 1. The molecule has 8 heteroatoms. The number of aryl methyl sites for hydroxylation is 1. The average molecular weight is 648 g/mol. The fourth-order valence-electron chi connectivity index (χ4n) is 7.97. The van der Waals surface area contributed by atoms with E-state index < -0.39 is 29.1 Å². The van der Waals surface area contributed by atoms with Gasteiger partial charge in [-0.1, -0.05) is 50.6 Å². The number of carbonyl (C=O) groups excluding carboxylic acids is 1. The van der Waals surface area contributed by atoms with E-state index in [4.69, 9.17) is 0 Å². The summed E-state index contributed by atoms with van der Waals surface area (Å²) in [4.78, 5) is 16.3. The SMILES string of the molecule is CC=CC(F)(F)c1cc(C(C)C(CC)CCC(=O)C2CCCN3CC(CO)CC3C(c3ccccc3C)CC2)cc(C(F)(F)F)c1. The first kappa shape index (κ1) is 36.3. The van der Waals surface area contributed by atoms with Crippen molar-refractivity contribution in [2.45, 2.75) is 109 Å². The van der Waals surface area contributed by atoms with E-state index in [1.54, 1.807) is 6.92 Å². The van der Waals surface area contributed by atoms with Crippen LogP contribution in [0.15, 0.2) is 54.6 Å². The number of ketones is 1. The summed E-state index contributed by atoms with van der Waals surface area (Å²) in [6, 6.07) is 11.5. The lowest BCUT2D eigenvalue weighted by Crippen LogP contribution is -2.35. The number of carbonyl (C=O) groups is 1. The number of hydrogen-bond donors (Lipinski definition) is 1. The molecular weight excluding hydrogens is 597 g/mol. The first-order valence-corrected chi connectivity index (χ1v) is 17.0. The summed E-state index contributed by atoms with van der Waals surface area (Å²) in [5, 5.41) is 9.93. The molecule has 2 aromatic rings. The summed E-state index contributed by atoms with van der Waals surface area (Å²) in [6.45, 7) is 9.21. The van der Waals surface area contributed by atoms with Gasteiger partial charge in [0, 0.05) is 37.1 Å². The molecule has 3 nitrogen and oxygen atoms in total. The fraction of sp³-hybridized carbons (Fsp3) is 0.605. The van der Waals surface area contributed by atoms with Gasteiger partial charge < -0.3 is 5.11 Å². The molecule has 0 radical (unpaired) electrons. The summed E-state index contributed by atoms with van der Waals surface area (Å²) < 4.78 is 70.8. The predicted octanol–water partition coefficient (Wildman–Crippen LogP) is 9.82. The Labute approximate surface area is 271 Å². The van der Waals surface area contributed by atoms with Crippen LogP contribution in [0, 0.1) is 24.7 Å². The predicted molar refractivity (Wildman–Crippen MR) is 173 cm³/mol. The van der Waals surface area contributed by atoms with Crippen LogP contribution < -0.4 is 0 Å². The zero-order chi connectivity index (χ0) is 33.6. The normalized spacial score (nSPS) is 24.7. The number of nitrogens with zero attached hydrogens (tertiary/aromatic N) is 1. The number of rotatable bonds is 11. The highest BCUT2D eigenvalue weighted by Crippen LogP contribution is 2.42. The zero-order valence-corrected chi connectivity index (χ0v) is 27.6. The molecule has 254 valence electrons. The lowest BCUT2D eigenvalue weighted by molar-refractivity contribution is -0.137. The average Bonchev–Trinajstić information content (AvgIpc) is 3.45. The van der Waals surface area contributed by atoms with Crippen molar-refractivity contribution in [3.05, 3.63) is 82.4 Å². The molecule has 0 bridgehead atoms. The van der Waals surface area contributed by atoms with E-state index in [0.717, 1.165) is 57.3 Å². The molecule has 0 aliphatic carbocycles. The van der Waals surface area contributed by atoms with Gasteiger partial charge in [0.1, 0.15) is 5.78 Å². The molecule has 2 aromatic carbocycles. The Bertz CT molecular complexity index is 1340. The van der Waals surface area contributed by atoms with Crippen LogP contribution in [0.2, 0.25) is 0 Å². The lowest BCUT2D eigenvalue weighted by Gasteiger charge is -2.32. The van der Waals surface area contributed by atoms with Gasteiger partial charge in [0.15, 0.2) is 0 Å². The summed E-state index contributed by atoms with van der Waals surface area (Å²) in [5.41, 5.74) is 1.01. The van der Waals surface area contributed by atoms with Gasteiger partial charge in [0.25, 0.3) is 5.92 Å². The molecule has 6 unspecified atom stereocenters. The molecular formula is C38H50F5NO2. The standard InChI is InChI=1S/C38H50F5NO2/c1-5-17-37(39,40)31-20-30(21-32(22-31)38(41,42)43)26(4)28(6-2)14-16-36(46)29-11-9-18-44-23-27(24-45)19-35(44)34(15-13-29)33-12-8-7-10-25(33)3/h5,7-8,10,12,17,20-22,26-29,34-35,45H,6,9,11,13-16,18-19,23-24H2,1-4H3. The largest absolute Gasteiger partial charge is 0.416 e. The van der Waals surface area contributed by atoms with Crippen LogP contribution in [-0.2, 0) is 16.9 Å². The van der Waals surface area contributed by atoms with Crippen molar-refractivity contribution in [1.82, 2.24) is 4.90 Å². The van der Waals surface area contributed by atoms with Crippen LogP contribution >= 0.6 is 0 Å². The van der Waals surface area contributed by atoms with E-state index in [0.29, 0.717) is 37.4 Å². The first-order chi connectivity index (χ1) is 21.8. The van der Waals surface area contributed by atoms with Crippen molar-refractivity contribution >= 4 is 5.78 Å². The van der Waals surface area contributed by atoms with Crippen molar-refractivity contribution in [3.8, 4) is 0 Å². The van der Waals surface area contributed by atoms with E-state index >= 15 is 0 Å². The van der Waals surface area contributed by atoms with E-state index in [1.165, 1.54) is 24.1 Å². The maximum Gasteiger partial charge on any atom is 0.416 e. The third-order valence-electron chi connectivity index (χ3n) is 10.7. The van der Waals surface area contributed by atoms with E-state index in [2.05, 4.69) is 30.0 Å². The molecule has 2 heterocycles. The first-order valence-electron chi connectivity index (χ1n) is 17.0. The fourth-order valence-corrected chi connectivity index (χ4v) is 7.97. The molecule has 2 saturated heterocycles. The number of halogens is 5. The summed E-state index contributed by atoms with van der Waals surface area (Å²) in [7, 11) is 0. The highest BCUT2D eigenvalue weighted by Gasteiger charge is 2.40. The third-order valence-corrected chi connectivity index (χ3v) is 10.7. The third kappa shape index (κ3) is 8.66. The summed E-state index contributed by atoms with van der Waals surface area (Å²) in [5.74, 6) is -3.45. The Morgan fingerprint density at radius 1 is 1.07 bits per heavy atom. The molecule has 0 spiro atoms. The number of Topliss-reactive ketones (excluding diaryl/α,β-unsaturated/α-hetero) is 1. The van der Waals surface area contributed by atoms with Crippen LogP contribution in [0.3, 0.4) is 0 Å². The zero-order valence-electron chi connectivity index (χ0n) is 27.6. The van der Waals surface area contributed by atoms with Crippen molar-refractivity contribution in [2.24, 2.45) is 17.8 Å². The molecule has 2 fully saturated rings. The van der Waals surface area contributed by atoms with E-state index in [1.807, 2.05) is 13.0 Å². The number of fused-ring (bicyclic) bond motifs is 1. The van der Waals surface area contributed by atoms with Gasteiger partial charge >= 0.3 is 6.18 Å². The van der Waals surface area contributed by atoms with Crippen LogP contribution in [0.1, 0.15) is 112 Å². The van der Waals surface area contributed by atoms with Gasteiger partial charge in [-0.2, -0.15) is 22.0 Å². The second-order valence-corrected chi connectivity index (χ2v) is 13.7. The monoisotopic (exact) mass is 647 g/mol. The smallest absolute Gasteiger partial charge is 0.396 e. The molecule has 0 aromatic heterocycles. The number of benzene rings is 2. The van der Waals surface area contributed by atoms with Crippen molar-refractivity contribution in [1.29, 1.82) is 0 Å². The van der Waals surface area contributed by atoms with E-state index in [9.17, 15) is 31.9 Å². The topological polar surface area (TPSA) is 40.5 Å². The Morgan fingerprint density at radius 2 is 1.78 bits per heavy atom. The molecule has 0 amide bonds. The van der Waals surface area contributed by atoms with Gasteiger partial charge in [0.2, 0.25) is 0 Å². The van der Waals surface area contributed by atoms with Crippen LogP contribution in [0.4, 0.5) is 22.0 Å². The second-order valence-electron chi connectivity index (χ2n) is 13.7. The minimum Gasteiger partial charge on any atom is -0.396 e. The Kier molecular flexibility index (Phi) is 12.3. The molecule has 46 heavy (non-hydrogen) atoms. The maximum absolute atomic E-state index is 14.8. The molecule has 4 rings (SSSR count). The number of alkyl halides is 5. The van der Waals surface area contributed by atoms with Gasteiger partial charge in [0.05, 0.1) is 5.56 Å². The summed E-state index contributed by atoms with van der Waals surface area (Å²) >= 11 is 0. The quantitative estimate of drug-likeness (QED) is 0.195. The van der Waals surface area contributed by atoms with Crippen LogP contribution in [0.25, 0.3) is 0 Å². The molecule has 0 saturated carbocycles. The van der Waals surface area contributed by atoms with Crippen molar-refractivity contribution in [3.63, 3.8) is 0 Å².